The molecular weight excluding hydrogens is 354 g/mol. The third-order valence-electron chi connectivity index (χ3n) is 4.27. The molecule has 0 saturated carbocycles. The van der Waals surface area contributed by atoms with Crippen molar-refractivity contribution in [1.82, 2.24) is 15.3 Å². The zero-order valence-corrected chi connectivity index (χ0v) is 16.6. The molecule has 7 heteroatoms. The molecule has 1 aromatic heterocycles. The number of nitrogens with zero attached hydrogens (tertiary/aromatic N) is 2. The molecule has 28 heavy (non-hydrogen) atoms. The van der Waals surface area contributed by atoms with Crippen LogP contribution in [0.5, 0.6) is 11.5 Å². The SMILES string of the molecule is CCNC(=NCCCc1nc2ccccc2[nH]1)Nc1ccc(OC)c(OC)c1. The minimum atomic E-state index is 0.674. The standard InChI is InChI=1S/C21H27N5O2/c1-4-22-21(24-15-11-12-18(27-2)19(14-15)28-3)23-13-7-10-20-25-16-8-5-6-9-17(16)26-20/h5-6,8-9,11-12,14H,4,7,10,13H2,1-3H3,(H,25,26)(H2,22,23,24). The van der Waals surface area contributed by atoms with Gasteiger partial charge in [0.25, 0.3) is 0 Å². The van der Waals surface area contributed by atoms with Gasteiger partial charge in [0.1, 0.15) is 5.82 Å². The molecule has 7 nitrogen and oxygen atoms in total. The number of anilines is 1. The molecule has 3 rings (SSSR count). The number of imidazole rings is 1. The van der Waals surface area contributed by atoms with Crippen LogP contribution in [0.3, 0.4) is 0 Å². The second-order valence-corrected chi connectivity index (χ2v) is 6.26. The maximum Gasteiger partial charge on any atom is 0.195 e. The van der Waals surface area contributed by atoms with Gasteiger partial charge in [0.2, 0.25) is 0 Å². The van der Waals surface area contributed by atoms with Crippen LogP contribution in [-0.2, 0) is 6.42 Å². The monoisotopic (exact) mass is 381 g/mol. The Bertz CT molecular complexity index is 902. The number of hydrogen-bond donors (Lipinski definition) is 3. The molecular formula is C21H27N5O2. The minimum Gasteiger partial charge on any atom is -0.493 e. The second-order valence-electron chi connectivity index (χ2n) is 6.26. The minimum absolute atomic E-state index is 0.674. The quantitative estimate of drug-likeness (QED) is 0.315. The number of fused-ring (bicyclic) bond motifs is 1. The fraction of sp³-hybridized carbons (Fsp3) is 0.333. The average molecular weight is 381 g/mol. The van der Waals surface area contributed by atoms with Crippen LogP contribution in [0.15, 0.2) is 47.5 Å². The number of nitrogens with one attached hydrogen (secondary N) is 3. The first-order valence-corrected chi connectivity index (χ1v) is 9.44. The van der Waals surface area contributed by atoms with Crippen LogP contribution in [-0.4, -0.2) is 43.2 Å². The molecule has 2 aromatic carbocycles. The number of benzene rings is 2. The van der Waals surface area contributed by atoms with E-state index < -0.39 is 0 Å². The van der Waals surface area contributed by atoms with E-state index in [1.165, 1.54) is 0 Å². The van der Waals surface area contributed by atoms with Crippen molar-refractivity contribution in [3.8, 4) is 11.5 Å². The summed E-state index contributed by atoms with van der Waals surface area (Å²) in [6.45, 7) is 3.52. The van der Waals surface area contributed by atoms with E-state index in [0.717, 1.165) is 47.9 Å². The van der Waals surface area contributed by atoms with Crippen LogP contribution in [0.2, 0.25) is 0 Å². The van der Waals surface area contributed by atoms with Crippen LogP contribution < -0.4 is 20.1 Å². The number of methoxy groups -OCH3 is 2. The van der Waals surface area contributed by atoms with Gasteiger partial charge in [-0.25, -0.2) is 4.98 Å². The Morgan fingerprint density at radius 1 is 1.11 bits per heavy atom. The lowest BCUT2D eigenvalue weighted by Gasteiger charge is -2.13. The Labute approximate surface area is 165 Å². The van der Waals surface area contributed by atoms with Gasteiger partial charge in [0, 0.05) is 31.3 Å². The van der Waals surface area contributed by atoms with Gasteiger partial charge >= 0.3 is 0 Å². The summed E-state index contributed by atoms with van der Waals surface area (Å²) in [6.07, 6.45) is 1.76. The molecule has 0 unspecified atom stereocenters. The molecule has 0 bridgehead atoms. The van der Waals surface area contributed by atoms with E-state index in [2.05, 4.69) is 25.6 Å². The Kier molecular flexibility index (Phi) is 6.73. The van der Waals surface area contributed by atoms with E-state index in [-0.39, 0.29) is 0 Å². The molecule has 0 atom stereocenters. The van der Waals surface area contributed by atoms with E-state index in [4.69, 9.17) is 9.47 Å². The van der Waals surface area contributed by atoms with E-state index in [9.17, 15) is 0 Å². The van der Waals surface area contributed by atoms with Crippen LogP contribution in [0.25, 0.3) is 11.0 Å². The lowest BCUT2D eigenvalue weighted by Crippen LogP contribution is -2.30. The lowest BCUT2D eigenvalue weighted by molar-refractivity contribution is 0.355. The van der Waals surface area contributed by atoms with Crippen molar-refractivity contribution in [3.05, 3.63) is 48.3 Å². The molecule has 1 heterocycles. The first-order valence-electron chi connectivity index (χ1n) is 9.44. The number of aromatic amines is 1. The molecule has 0 fully saturated rings. The topological polar surface area (TPSA) is 83.6 Å². The maximum atomic E-state index is 5.36. The van der Waals surface area contributed by atoms with Crippen LogP contribution in [0, 0.1) is 0 Å². The highest BCUT2D eigenvalue weighted by atomic mass is 16.5. The molecule has 0 saturated heterocycles. The van der Waals surface area contributed by atoms with Crippen molar-refractivity contribution < 1.29 is 9.47 Å². The zero-order valence-electron chi connectivity index (χ0n) is 16.6. The predicted octanol–water partition coefficient (Wildman–Crippen LogP) is 3.59. The summed E-state index contributed by atoms with van der Waals surface area (Å²) in [4.78, 5) is 12.6. The Morgan fingerprint density at radius 2 is 1.93 bits per heavy atom. The number of rotatable bonds is 8. The number of ether oxygens (including phenoxy) is 2. The van der Waals surface area contributed by atoms with Gasteiger partial charge in [0.05, 0.1) is 25.3 Å². The molecule has 0 spiro atoms. The molecule has 3 N–H and O–H groups in total. The molecule has 3 aromatic rings. The van der Waals surface area contributed by atoms with Crippen molar-refractivity contribution in [2.24, 2.45) is 4.99 Å². The summed E-state index contributed by atoms with van der Waals surface area (Å²) in [5.41, 5.74) is 2.96. The number of guanidine groups is 1. The number of aliphatic imine (C=N–C) groups is 1. The second kappa shape index (κ2) is 9.64. The largest absolute Gasteiger partial charge is 0.493 e. The Balaban J connectivity index is 1.59. The normalized spacial score (nSPS) is 11.5. The van der Waals surface area contributed by atoms with Gasteiger partial charge in [-0.05, 0) is 37.6 Å². The van der Waals surface area contributed by atoms with Gasteiger partial charge < -0.3 is 25.1 Å². The van der Waals surface area contributed by atoms with E-state index >= 15 is 0 Å². The summed E-state index contributed by atoms with van der Waals surface area (Å²) in [6, 6.07) is 13.8. The van der Waals surface area contributed by atoms with Gasteiger partial charge in [-0.2, -0.15) is 0 Å². The third-order valence-corrected chi connectivity index (χ3v) is 4.27. The van der Waals surface area contributed by atoms with Crippen molar-refractivity contribution in [2.75, 3.05) is 32.6 Å². The van der Waals surface area contributed by atoms with Gasteiger partial charge in [-0.1, -0.05) is 12.1 Å². The maximum absolute atomic E-state index is 5.36. The van der Waals surface area contributed by atoms with Crippen molar-refractivity contribution in [1.29, 1.82) is 0 Å². The number of aryl methyl sites for hydroxylation is 1. The fourth-order valence-electron chi connectivity index (χ4n) is 2.92. The third kappa shape index (κ3) is 4.94. The summed E-state index contributed by atoms with van der Waals surface area (Å²) in [5.74, 6) is 3.10. The molecule has 0 radical (unpaired) electrons. The summed E-state index contributed by atoms with van der Waals surface area (Å²) in [5, 5.41) is 6.57. The van der Waals surface area contributed by atoms with Crippen LogP contribution in [0.1, 0.15) is 19.2 Å². The average Bonchev–Trinajstić information content (AvgIpc) is 3.14. The predicted molar refractivity (Wildman–Crippen MR) is 114 cm³/mol. The number of aromatic nitrogens is 2. The highest BCUT2D eigenvalue weighted by molar-refractivity contribution is 5.93. The summed E-state index contributed by atoms with van der Waals surface area (Å²) >= 11 is 0. The molecule has 148 valence electrons. The zero-order chi connectivity index (χ0) is 19.8. The van der Waals surface area contributed by atoms with Crippen molar-refractivity contribution in [2.45, 2.75) is 19.8 Å². The summed E-state index contributed by atoms with van der Waals surface area (Å²) in [7, 11) is 3.25. The number of hydrogen-bond acceptors (Lipinski definition) is 4. The first kappa shape index (κ1) is 19.5. The van der Waals surface area contributed by atoms with Crippen molar-refractivity contribution in [3.63, 3.8) is 0 Å². The van der Waals surface area contributed by atoms with Crippen molar-refractivity contribution >= 4 is 22.7 Å². The first-order chi connectivity index (χ1) is 13.7. The summed E-state index contributed by atoms with van der Waals surface area (Å²) < 4.78 is 10.6. The fourth-order valence-corrected chi connectivity index (χ4v) is 2.92. The highest BCUT2D eigenvalue weighted by Crippen LogP contribution is 2.29. The Morgan fingerprint density at radius 3 is 2.68 bits per heavy atom. The smallest absolute Gasteiger partial charge is 0.195 e. The molecule has 0 aliphatic carbocycles. The molecule has 0 aliphatic rings. The number of para-hydroxylation sites is 2. The van der Waals surface area contributed by atoms with Crippen LogP contribution >= 0.6 is 0 Å². The highest BCUT2D eigenvalue weighted by Gasteiger charge is 2.06. The molecule has 0 aliphatic heterocycles. The van der Waals surface area contributed by atoms with Gasteiger partial charge in [-0.15, -0.1) is 0 Å². The van der Waals surface area contributed by atoms with E-state index in [0.29, 0.717) is 18.0 Å². The Hall–Kier alpha value is -3.22. The van der Waals surface area contributed by atoms with Crippen LogP contribution in [0.4, 0.5) is 5.69 Å². The lowest BCUT2D eigenvalue weighted by atomic mass is 10.2. The van der Waals surface area contributed by atoms with Gasteiger partial charge in [-0.3, -0.25) is 4.99 Å². The molecule has 0 amide bonds. The number of H-pyrrole nitrogens is 1. The van der Waals surface area contributed by atoms with Gasteiger partial charge in [0.15, 0.2) is 17.5 Å². The van der Waals surface area contributed by atoms with E-state index in [1.807, 2.05) is 49.4 Å². The van der Waals surface area contributed by atoms with E-state index in [1.54, 1.807) is 14.2 Å².